The van der Waals surface area contributed by atoms with E-state index >= 15 is 0 Å². The van der Waals surface area contributed by atoms with Crippen LogP contribution in [0, 0.1) is 0 Å². The maximum atomic E-state index is 13.0. The van der Waals surface area contributed by atoms with Crippen LogP contribution in [0.3, 0.4) is 0 Å². The van der Waals surface area contributed by atoms with Gasteiger partial charge in [0.25, 0.3) is 11.8 Å². The first kappa shape index (κ1) is 25.9. The second-order valence-corrected chi connectivity index (χ2v) is 8.18. The van der Waals surface area contributed by atoms with Crippen molar-refractivity contribution in [2.24, 2.45) is 0 Å². The summed E-state index contributed by atoms with van der Waals surface area (Å²) in [6, 6.07) is 11.4. The molecule has 10 nitrogen and oxygen atoms in total. The van der Waals surface area contributed by atoms with Gasteiger partial charge in [0.05, 0.1) is 21.3 Å². The molecule has 11 heteroatoms. The summed E-state index contributed by atoms with van der Waals surface area (Å²) in [6.45, 7) is -0.214. The van der Waals surface area contributed by atoms with Gasteiger partial charge in [-0.25, -0.2) is 4.79 Å². The first-order valence-corrected chi connectivity index (χ1v) is 12.0. The van der Waals surface area contributed by atoms with Crippen molar-refractivity contribution in [3.8, 4) is 28.7 Å². The average molecular weight is 502 g/mol. The summed E-state index contributed by atoms with van der Waals surface area (Å²) in [5.74, 6) is 1.02. The molecule has 0 saturated heterocycles. The molecular weight excluding hydrogens is 474 g/mol. The van der Waals surface area contributed by atoms with Crippen LogP contribution in [0.25, 0.3) is 11.5 Å². The van der Waals surface area contributed by atoms with Crippen molar-refractivity contribution >= 4 is 23.6 Å². The lowest BCUT2D eigenvalue weighted by Crippen LogP contribution is -2.42. The third-order valence-corrected chi connectivity index (χ3v) is 5.60. The highest BCUT2D eigenvalue weighted by atomic mass is 32.2. The Morgan fingerprint density at radius 3 is 2.31 bits per heavy atom. The normalized spacial score (nSPS) is 11.4. The molecule has 0 aliphatic rings. The fourth-order valence-corrected chi connectivity index (χ4v) is 3.65. The summed E-state index contributed by atoms with van der Waals surface area (Å²) in [5.41, 5.74) is 0.999. The van der Waals surface area contributed by atoms with Crippen molar-refractivity contribution in [1.82, 2.24) is 15.5 Å². The molecule has 2 aromatic carbocycles. The first-order chi connectivity index (χ1) is 17.0. The quantitative estimate of drug-likeness (QED) is 0.370. The van der Waals surface area contributed by atoms with Crippen molar-refractivity contribution in [2.75, 3.05) is 33.3 Å². The Bertz CT molecular complexity index is 1110. The number of hydrogen-bond acceptors (Lipinski definition) is 10. The Balaban J connectivity index is 1.69. The first-order valence-electron chi connectivity index (χ1n) is 10.6. The van der Waals surface area contributed by atoms with Crippen molar-refractivity contribution < 1.29 is 33.0 Å². The summed E-state index contributed by atoms with van der Waals surface area (Å²) >= 11 is 1.55. The van der Waals surface area contributed by atoms with Crippen molar-refractivity contribution in [3.05, 3.63) is 53.9 Å². The molecule has 186 valence electrons. The van der Waals surface area contributed by atoms with E-state index in [-0.39, 0.29) is 18.1 Å². The zero-order chi connectivity index (χ0) is 25.2. The topological polar surface area (TPSA) is 122 Å². The van der Waals surface area contributed by atoms with E-state index in [1.165, 1.54) is 33.5 Å². The highest BCUT2D eigenvalue weighted by Gasteiger charge is 2.25. The molecule has 0 fully saturated rings. The van der Waals surface area contributed by atoms with Crippen LogP contribution in [0.5, 0.6) is 17.2 Å². The fraction of sp³-hybridized carbons (Fsp3) is 0.333. The van der Waals surface area contributed by atoms with E-state index in [1.54, 1.807) is 11.8 Å². The lowest BCUT2D eigenvalue weighted by atomic mass is 10.1. The van der Waals surface area contributed by atoms with Crippen LogP contribution in [0.1, 0.15) is 22.7 Å². The van der Waals surface area contributed by atoms with Crippen LogP contribution in [0.15, 0.2) is 46.9 Å². The van der Waals surface area contributed by atoms with Gasteiger partial charge in [-0.3, -0.25) is 4.79 Å². The minimum absolute atomic E-state index is 0.150. The van der Waals surface area contributed by atoms with Crippen molar-refractivity contribution in [2.45, 2.75) is 19.1 Å². The molecule has 1 N–H and O–H groups in total. The number of benzene rings is 2. The Kier molecular flexibility index (Phi) is 9.36. The molecule has 0 unspecified atom stereocenters. The highest BCUT2D eigenvalue weighted by Crippen LogP contribution is 2.38. The number of esters is 1. The third-order valence-electron chi connectivity index (χ3n) is 4.95. The van der Waals surface area contributed by atoms with E-state index in [2.05, 4.69) is 15.5 Å². The standard InChI is InChI=1S/C24H27N3O7S/c1-30-18-12-16(13-19(31-2)21(18)32-3)22(28)25-17(10-11-35-4)24(29)33-14-20-26-27-23(34-20)15-8-6-5-7-9-15/h5-9,12-13,17H,10-11,14H2,1-4H3,(H,25,28)/t17-/m0/s1. The van der Waals surface area contributed by atoms with Gasteiger partial charge in [0, 0.05) is 11.1 Å². The Morgan fingerprint density at radius 1 is 1.03 bits per heavy atom. The number of thioether (sulfide) groups is 1. The molecule has 0 spiro atoms. The van der Waals surface area contributed by atoms with Crippen LogP contribution in [-0.2, 0) is 16.1 Å². The van der Waals surface area contributed by atoms with Crippen molar-refractivity contribution in [1.29, 1.82) is 0 Å². The molecule has 0 aliphatic heterocycles. The number of amides is 1. The number of methoxy groups -OCH3 is 3. The number of carbonyl (C=O) groups excluding carboxylic acids is 2. The highest BCUT2D eigenvalue weighted by molar-refractivity contribution is 7.98. The summed E-state index contributed by atoms with van der Waals surface area (Å²) in [7, 11) is 4.39. The summed E-state index contributed by atoms with van der Waals surface area (Å²) in [4.78, 5) is 25.8. The molecule has 1 aromatic heterocycles. The van der Waals surface area contributed by atoms with Crippen molar-refractivity contribution in [3.63, 3.8) is 0 Å². The Morgan fingerprint density at radius 2 is 1.71 bits per heavy atom. The lowest BCUT2D eigenvalue weighted by Gasteiger charge is -2.18. The molecule has 1 amide bonds. The Hall–Kier alpha value is -3.73. The molecular formula is C24H27N3O7S. The van der Waals surface area contributed by atoms with Gasteiger partial charge < -0.3 is 28.7 Å². The fourth-order valence-electron chi connectivity index (χ4n) is 3.18. The molecule has 0 radical (unpaired) electrons. The largest absolute Gasteiger partial charge is 0.493 e. The zero-order valence-corrected chi connectivity index (χ0v) is 20.7. The van der Waals surface area contributed by atoms with E-state index in [4.69, 9.17) is 23.4 Å². The molecule has 3 rings (SSSR count). The van der Waals surface area contributed by atoms with E-state index < -0.39 is 17.9 Å². The predicted molar refractivity (Wildman–Crippen MR) is 130 cm³/mol. The third kappa shape index (κ3) is 6.66. The minimum Gasteiger partial charge on any atom is -0.493 e. The van der Waals surface area contributed by atoms with Gasteiger partial charge in [-0.15, -0.1) is 10.2 Å². The van der Waals surface area contributed by atoms with Crippen LogP contribution >= 0.6 is 11.8 Å². The molecule has 1 atom stereocenters. The van der Waals surface area contributed by atoms with E-state index in [0.717, 1.165) is 5.56 Å². The molecule has 0 bridgehead atoms. The smallest absolute Gasteiger partial charge is 0.329 e. The SMILES string of the molecule is COc1cc(C(=O)N[C@@H](CCSC)C(=O)OCc2nnc(-c3ccccc3)o2)cc(OC)c1OC. The van der Waals surface area contributed by atoms with Gasteiger partial charge >= 0.3 is 5.97 Å². The minimum atomic E-state index is -0.884. The monoisotopic (exact) mass is 501 g/mol. The van der Waals surface area contributed by atoms with E-state index in [0.29, 0.717) is 35.3 Å². The molecule has 0 aliphatic carbocycles. The number of nitrogens with one attached hydrogen (secondary N) is 1. The number of aromatic nitrogens is 2. The van der Waals surface area contributed by atoms with Gasteiger partial charge in [0.1, 0.15) is 6.04 Å². The van der Waals surface area contributed by atoms with Gasteiger partial charge in [-0.1, -0.05) is 18.2 Å². The summed E-state index contributed by atoms with van der Waals surface area (Å²) in [5, 5.41) is 10.6. The molecule has 3 aromatic rings. The Labute approximate surface area is 207 Å². The second kappa shape index (κ2) is 12.7. The number of ether oxygens (including phenoxy) is 4. The van der Waals surface area contributed by atoms with Crippen LogP contribution < -0.4 is 19.5 Å². The maximum Gasteiger partial charge on any atom is 0.329 e. The number of nitrogens with zero attached hydrogens (tertiary/aromatic N) is 2. The summed E-state index contributed by atoms with van der Waals surface area (Å²) in [6.07, 6.45) is 2.28. The van der Waals surface area contributed by atoms with Crippen LogP contribution in [0.2, 0.25) is 0 Å². The molecule has 35 heavy (non-hydrogen) atoms. The zero-order valence-electron chi connectivity index (χ0n) is 19.9. The number of hydrogen-bond donors (Lipinski definition) is 1. The van der Waals surface area contributed by atoms with E-state index in [9.17, 15) is 9.59 Å². The van der Waals surface area contributed by atoms with Gasteiger partial charge in [0.2, 0.25) is 11.6 Å². The molecule has 1 heterocycles. The maximum absolute atomic E-state index is 13.0. The number of carbonyl (C=O) groups is 2. The van der Waals surface area contributed by atoms with Gasteiger partial charge in [-0.2, -0.15) is 11.8 Å². The average Bonchev–Trinajstić information content (AvgIpc) is 3.38. The van der Waals surface area contributed by atoms with Gasteiger partial charge in [-0.05, 0) is 42.7 Å². The second-order valence-electron chi connectivity index (χ2n) is 7.20. The molecule has 0 saturated carbocycles. The van der Waals surface area contributed by atoms with Crippen LogP contribution in [-0.4, -0.2) is 61.5 Å². The number of rotatable bonds is 12. The van der Waals surface area contributed by atoms with E-state index in [1.807, 2.05) is 36.6 Å². The predicted octanol–water partition coefficient (Wildman–Crippen LogP) is 3.36. The summed E-state index contributed by atoms with van der Waals surface area (Å²) < 4.78 is 26.8. The lowest BCUT2D eigenvalue weighted by molar-refractivity contribution is -0.148. The van der Waals surface area contributed by atoms with Gasteiger partial charge in [0.15, 0.2) is 18.1 Å². The van der Waals surface area contributed by atoms with Crippen LogP contribution in [0.4, 0.5) is 0 Å².